The van der Waals surface area contributed by atoms with E-state index < -0.39 is 0 Å². The SMILES string of the molecule is C=C[CH+]C#N. The zero-order chi connectivity index (χ0) is 4.12. The molecule has 0 bridgehead atoms. The van der Waals surface area contributed by atoms with Crippen molar-refractivity contribution in [2.24, 2.45) is 0 Å². The summed E-state index contributed by atoms with van der Waals surface area (Å²) in [6.45, 7) is 3.27. The van der Waals surface area contributed by atoms with Gasteiger partial charge in [-0.2, -0.15) is 5.26 Å². The van der Waals surface area contributed by atoms with Crippen LogP contribution in [0.5, 0.6) is 0 Å². The topological polar surface area (TPSA) is 23.8 Å². The lowest BCUT2D eigenvalue weighted by Gasteiger charge is -1.43. The van der Waals surface area contributed by atoms with Crippen LogP contribution in [0.2, 0.25) is 0 Å². The molecular weight excluding hydrogens is 62.1 g/mol. The van der Waals surface area contributed by atoms with Crippen molar-refractivity contribution in [1.82, 2.24) is 0 Å². The molecule has 0 unspecified atom stereocenters. The second-order valence-electron chi connectivity index (χ2n) is 0.531. The van der Waals surface area contributed by atoms with Crippen LogP contribution < -0.4 is 0 Å². The van der Waals surface area contributed by atoms with Crippen LogP contribution >= 0.6 is 0 Å². The normalized spacial score (nSPS) is 4.60. The average molecular weight is 66.1 g/mol. The van der Waals surface area contributed by atoms with Crippen LogP contribution in [0, 0.1) is 17.8 Å². The van der Waals surface area contributed by atoms with Gasteiger partial charge in [-0.15, -0.1) is 0 Å². The summed E-state index contributed by atoms with van der Waals surface area (Å²) in [6.07, 6.45) is 2.76. The maximum atomic E-state index is 7.69. The van der Waals surface area contributed by atoms with Crippen molar-refractivity contribution in [3.8, 4) is 6.07 Å². The van der Waals surface area contributed by atoms with Gasteiger partial charge in [0.15, 0.2) is 6.07 Å². The van der Waals surface area contributed by atoms with E-state index in [-0.39, 0.29) is 0 Å². The molecule has 1 nitrogen and oxygen atoms in total. The molecule has 0 saturated heterocycles. The van der Waals surface area contributed by atoms with Crippen LogP contribution in [-0.4, -0.2) is 0 Å². The fourth-order valence-corrected chi connectivity index (χ4v) is 0.0527. The third-order valence-corrected chi connectivity index (χ3v) is 0.192. The van der Waals surface area contributed by atoms with E-state index in [1.54, 1.807) is 6.07 Å². The monoisotopic (exact) mass is 66.0 g/mol. The molecule has 0 atom stereocenters. The predicted octanol–water partition coefficient (Wildman–Crippen LogP) is 0.900. The molecule has 0 radical (unpaired) electrons. The summed E-state index contributed by atoms with van der Waals surface area (Å²) in [5, 5.41) is 7.69. The smallest absolute Gasteiger partial charge is 0.169 e. The Labute approximate surface area is 31.5 Å². The molecule has 0 aromatic carbocycles. The molecule has 0 fully saturated rings. The molecule has 0 aliphatic rings. The van der Waals surface area contributed by atoms with Crippen molar-refractivity contribution in [1.29, 1.82) is 5.26 Å². The summed E-state index contributed by atoms with van der Waals surface area (Å²) in [6, 6.07) is 1.77. The summed E-state index contributed by atoms with van der Waals surface area (Å²) >= 11 is 0. The van der Waals surface area contributed by atoms with Gasteiger partial charge in [-0.05, 0) is 0 Å². The van der Waals surface area contributed by atoms with Gasteiger partial charge in [0.2, 0.25) is 0 Å². The third kappa shape index (κ3) is 3.10. The van der Waals surface area contributed by atoms with Crippen molar-refractivity contribution in [2.45, 2.75) is 0 Å². The lowest BCUT2D eigenvalue weighted by molar-refractivity contribution is 1.51. The van der Waals surface area contributed by atoms with E-state index in [9.17, 15) is 0 Å². The van der Waals surface area contributed by atoms with Crippen molar-refractivity contribution >= 4 is 0 Å². The highest BCUT2D eigenvalue weighted by molar-refractivity contribution is 5.04. The maximum absolute atomic E-state index is 7.69. The molecule has 0 aromatic heterocycles. The van der Waals surface area contributed by atoms with Crippen molar-refractivity contribution < 1.29 is 0 Å². The number of allylic oxidation sites excluding steroid dienone is 1. The fraction of sp³-hybridized carbons (Fsp3) is 0. The van der Waals surface area contributed by atoms with Crippen molar-refractivity contribution in [3.05, 3.63) is 19.1 Å². The first-order valence-corrected chi connectivity index (χ1v) is 1.25. The minimum absolute atomic E-state index is 1.32. The van der Waals surface area contributed by atoms with Crippen molar-refractivity contribution in [2.75, 3.05) is 0 Å². The second kappa shape index (κ2) is 3.10. The molecule has 0 aliphatic carbocycles. The van der Waals surface area contributed by atoms with Crippen LogP contribution in [0.25, 0.3) is 0 Å². The van der Waals surface area contributed by atoms with E-state index >= 15 is 0 Å². The highest BCUT2D eigenvalue weighted by atomic mass is 14.2. The first kappa shape index (κ1) is 4.10. The Morgan fingerprint density at radius 3 is 2.60 bits per heavy atom. The minimum Gasteiger partial charge on any atom is -0.169 e. The van der Waals surface area contributed by atoms with Gasteiger partial charge in [0.05, 0.1) is 0 Å². The quantitative estimate of drug-likeness (QED) is 0.417. The highest BCUT2D eigenvalue weighted by Gasteiger charge is 1.69. The molecule has 5 heavy (non-hydrogen) atoms. The zero-order valence-electron chi connectivity index (χ0n) is 2.81. The van der Waals surface area contributed by atoms with Crippen LogP contribution in [0.4, 0.5) is 0 Å². The van der Waals surface area contributed by atoms with Gasteiger partial charge < -0.3 is 0 Å². The van der Waals surface area contributed by atoms with Gasteiger partial charge in [0.1, 0.15) is 12.5 Å². The van der Waals surface area contributed by atoms with Crippen LogP contribution in [0.3, 0.4) is 0 Å². The Bertz CT molecular complexity index is 58.5. The van der Waals surface area contributed by atoms with E-state index in [0.717, 1.165) is 0 Å². The first-order chi connectivity index (χ1) is 2.41. The summed E-state index contributed by atoms with van der Waals surface area (Å²) in [5.41, 5.74) is 0. The number of rotatable bonds is 1. The number of hydrogen-bond acceptors (Lipinski definition) is 1. The van der Waals surface area contributed by atoms with E-state index in [1.807, 2.05) is 0 Å². The van der Waals surface area contributed by atoms with Gasteiger partial charge in [0, 0.05) is 6.58 Å². The molecule has 0 heterocycles. The molecule has 0 saturated carbocycles. The summed E-state index contributed by atoms with van der Waals surface area (Å²) < 4.78 is 0. The third-order valence-electron chi connectivity index (χ3n) is 0.192. The molecule has 0 spiro atoms. The molecule has 0 N–H and O–H groups in total. The molecule has 0 aromatic rings. The highest BCUT2D eigenvalue weighted by Crippen LogP contribution is 1.65. The largest absolute Gasteiger partial charge is 0.193 e. The molecule has 0 aliphatic heterocycles. The maximum Gasteiger partial charge on any atom is 0.193 e. The van der Waals surface area contributed by atoms with Crippen LogP contribution in [0.15, 0.2) is 12.7 Å². The van der Waals surface area contributed by atoms with Crippen LogP contribution in [0.1, 0.15) is 0 Å². The molecule has 0 amide bonds. The van der Waals surface area contributed by atoms with E-state index in [0.29, 0.717) is 0 Å². The van der Waals surface area contributed by atoms with E-state index in [4.69, 9.17) is 5.26 Å². The van der Waals surface area contributed by atoms with Crippen molar-refractivity contribution in [3.63, 3.8) is 0 Å². The van der Waals surface area contributed by atoms with Crippen LogP contribution in [-0.2, 0) is 0 Å². The van der Waals surface area contributed by atoms with Gasteiger partial charge in [0.25, 0.3) is 0 Å². The van der Waals surface area contributed by atoms with E-state index in [2.05, 4.69) is 6.58 Å². The Morgan fingerprint density at radius 1 is 2.00 bits per heavy atom. The molecular formula is C4H4N+. The molecule has 24 valence electrons. The number of hydrogen-bond donors (Lipinski definition) is 0. The minimum atomic E-state index is 1.32. The summed E-state index contributed by atoms with van der Waals surface area (Å²) in [5.74, 6) is 0. The number of nitrogens with zero attached hydrogens (tertiary/aromatic N) is 1. The summed E-state index contributed by atoms with van der Waals surface area (Å²) in [4.78, 5) is 0. The lowest BCUT2D eigenvalue weighted by atomic mass is 10.5. The fourth-order valence-electron chi connectivity index (χ4n) is 0.0527. The Hall–Kier alpha value is -0.900. The average Bonchev–Trinajstić information content (AvgIpc) is 1.41. The first-order valence-electron chi connectivity index (χ1n) is 1.25. The molecule has 0 rings (SSSR count). The number of nitriles is 1. The van der Waals surface area contributed by atoms with Gasteiger partial charge in [-0.1, -0.05) is 0 Å². The van der Waals surface area contributed by atoms with Gasteiger partial charge in [-0.25, -0.2) is 0 Å². The standard InChI is InChI=1S/C4H4N/c1-2-3-4-5/h2-3H,1H2/q+1. The lowest BCUT2D eigenvalue weighted by Crippen LogP contribution is -1.47. The second-order valence-corrected chi connectivity index (χ2v) is 0.531. The molecule has 1 heteroatoms. The Kier molecular flexibility index (Phi) is 2.54. The Morgan fingerprint density at radius 2 is 2.60 bits per heavy atom. The van der Waals surface area contributed by atoms with Gasteiger partial charge >= 0.3 is 0 Å². The zero-order valence-corrected chi connectivity index (χ0v) is 2.81. The summed E-state index contributed by atoms with van der Waals surface area (Å²) in [7, 11) is 0. The Balaban J connectivity index is 2.75. The predicted molar refractivity (Wildman–Crippen MR) is 20.1 cm³/mol. The van der Waals surface area contributed by atoms with Gasteiger partial charge in [-0.3, -0.25) is 0 Å². The van der Waals surface area contributed by atoms with E-state index in [1.165, 1.54) is 12.5 Å².